The van der Waals surface area contributed by atoms with Gasteiger partial charge >= 0.3 is 0 Å². The van der Waals surface area contributed by atoms with Crippen molar-refractivity contribution in [2.45, 2.75) is 148 Å². The monoisotopic (exact) mass is 1020 g/mol. The van der Waals surface area contributed by atoms with E-state index in [2.05, 4.69) is 9.97 Å². The lowest BCUT2D eigenvalue weighted by atomic mass is 10.1. The van der Waals surface area contributed by atoms with E-state index in [1.54, 1.807) is 0 Å². The number of aromatic nitrogens is 6. The number of H-pyrrole nitrogens is 2. The van der Waals surface area contributed by atoms with Crippen molar-refractivity contribution in [2.75, 3.05) is 34.5 Å². The Kier molecular flexibility index (Phi) is 18.5. The minimum Gasteiger partial charge on any atom is -0.324 e. The summed E-state index contributed by atoms with van der Waals surface area (Å²) in [5.41, 5.74) is 0.893. The van der Waals surface area contributed by atoms with E-state index in [-0.39, 0.29) is 96.3 Å². The number of hydrogen-bond donors (Lipinski definition) is 2. The minimum absolute atomic E-state index is 0.00496. The van der Waals surface area contributed by atoms with Crippen molar-refractivity contribution in [1.82, 2.24) is 29.9 Å². The van der Waals surface area contributed by atoms with Crippen LogP contribution in [-0.4, -0.2) is 64.4 Å². The summed E-state index contributed by atoms with van der Waals surface area (Å²) in [6, 6.07) is 0. The molecule has 0 atom stereocenters. The maximum Gasteiger partial charge on any atom is 0.174 e. The molecule has 0 radical (unpaired) electrons. The second kappa shape index (κ2) is 23.8. The molecule has 0 fully saturated rings. The Bertz CT molecular complexity index is 2620. The normalized spacial score (nSPS) is 12.2. The summed E-state index contributed by atoms with van der Waals surface area (Å²) < 4.78 is 101. The van der Waals surface area contributed by atoms with Crippen molar-refractivity contribution in [2.24, 2.45) is 0 Å². The molecule has 3 aromatic carbocycles. The number of nitrogens with zero attached hydrogens (tertiary/aromatic N) is 4. The van der Waals surface area contributed by atoms with Crippen LogP contribution in [0.4, 0.5) is 26.3 Å². The third-order valence-corrected chi connectivity index (χ3v) is 18.1. The molecule has 1 aliphatic rings. The van der Waals surface area contributed by atoms with Crippen molar-refractivity contribution >= 4 is 115 Å². The van der Waals surface area contributed by atoms with E-state index in [1.165, 1.54) is 70.6 Å². The van der Waals surface area contributed by atoms with E-state index in [4.69, 9.17) is 19.9 Å². The fourth-order valence-corrected chi connectivity index (χ4v) is 14.7. The highest BCUT2D eigenvalue weighted by atomic mass is 32.2. The molecule has 18 heteroatoms. The largest absolute Gasteiger partial charge is 0.324 e. The highest BCUT2D eigenvalue weighted by molar-refractivity contribution is 8.01. The van der Waals surface area contributed by atoms with Gasteiger partial charge in [-0.25, -0.2) is 46.3 Å². The van der Waals surface area contributed by atoms with Crippen molar-refractivity contribution in [1.29, 1.82) is 0 Å². The Morgan fingerprint density at radius 3 is 0.803 bits per heavy atom. The van der Waals surface area contributed by atoms with E-state index < -0.39 is 34.9 Å². The second-order valence-corrected chi connectivity index (χ2v) is 22.7. The number of thioether (sulfide) groups is 6. The van der Waals surface area contributed by atoms with Crippen molar-refractivity contribution in [3.8, 4) is 22.8 Å². The molecule has 0 saturated carbocycles. The lowest BCUT2D eigenvalue weighted by Gasteiger charge is -2.15. The Morgan fingerprint density at radius 1 is 0.318 bits per heavy atom. The summed E-state index contributed by atoms with van der Waals surface area (Å²) in [4.78, 5) is 27.1. The van der Waals surface area contributed by atoms with Crippen LogP contribution in [0.15, 0.2) is 29.4 Å². The van der Waals surface area contributed by atoms with Gasteiger partial charge in [-0.05, 0) is 73.0 Å². The third kappa shape index (κ3) is 10.3. The zero-order valence-corrected chi connectivity index (χ0v) is 43.1. The highest BCUT2D eigenvalue weighted by Gasteiger charge is 2.35. The fraction of sp³-hybridized carbons (Fsp3) is 0.500. The molecule has 6 nitrogen and oxygen atoms in total. The highest BCUT2D eigenvalue weighted by Crippen LogP contribution is 2.51. The zero-order valence-electron chi connectivity index (χ0n) is 38.2. The number of rotatable bonds is 24. The van der Waals surface area contributed by atoms with Gasteiger partial charge in [-0.15, -0.1) is 70.6 Å². The van der Waals surface area contributed by atoms with E-state index in [9.17, 15) is 0 Å². The van der Waals surface area contributed by atoms with Crippen LogP contribution < -0.4 is 0 Å². The SMILES string of the molecule is CCCCSc1c(F)c(F)c(SCCCC)c2c1-c1nc-2nc2[nH]c(nc3[nH]c(n1)c1c(SCCCC)c(F)c(F)c(SCCCC)c31)c1c(SCCCC)c(F)c(F)c(SCCCC)c21. The van der Waals surface area contributed by atoms with Crippen molar-refractivity contribution in [3.05, 3.63) is 34.9 Å². The van der Waals surface area contributed by atoms with Gasteiger partial charge in [-0.1, -0.05) is 80.1 Å². The molecule has 0 saturated heterocycles. The molecule has 2 N–H and O–H groups in total. The van der Waals surface area contributed by atoms with Crippen LogP contribution >= 0.6 is 70.6 Å². The first-order valence-corrected chi connectivity index (χ1v) is 29.0. The molecule has 6 bridgehead atoms. The van der Waals surface area contributed by atoms with Gasteiger partial charge in [-0.3, -0.25) is 0 Å². The predicted molar refractivity (Wildman–Crippen MR) is 272 cm³/mol. The minimum atomic E-state index is -1.03. The molecule has 3 aromatic heterocycles. The number of halogens is 6. The van der Waals surface area contributed by atoms with Crippen LogP contribution in [0.5, 0.6) is 0 Å². The summed E-state index contributed by atoms with van der Waals surface area (Å²) in [6.07, 6.45) is 9.29. The Balaban J connectivity index is 1.77. The van der Waals surface area contributed by atoms with Gasteiger partial charge in [0.2, 0.25) is 0 Å². The number of hydrogen-bond acceptors (Lipinski definition) is 10. The third-order valence-electron chi connectivity index (χ3n) is 11.1. The standard InChI is InChI=1S/C48H56F6N6S6/c1-7-13-19-61-37-25-26(38(32(50)31(37)49)62-20-14-8-2)44-55-43(25)58-45-27-28(40(64-22-16-10-4)34(52)33(51)39(27)63-21-15-9-3)47(56-45)60-48-30-29(46(57-48)59-44)41(65-23-17-11-5)35(53)36(54)42(30)66-24-18-12-6/h7-24H2,1-6H3,(H2,55,56,57,58,59,60). The first-order chi connectivity index (χ1) is 32.1. The Morgan fingerprint density at radius 2 is 0.545 bits per heavy atom. The number of fused-ring (bicyclic) bond motifs is 15. The van der Waals surface area contributed by atoms with Crippen LogP contribution in [0, 0.1) is 34.9 Å². The topological polar surface area (TPSA) is 83.1 Å². The summed E-state index contributed by atoms with van der Waals surface area (Å²) in [7, 11) is 0. The van der Waals surface area contributed by atoms with E-state index >= 15 is 26.3 Å². The smallest absolute Gasteiger partial charge is 0.174 e. The van der Waals surface area contributed by atoms with E-state index in [0.29, 0.717) is 34.5 Å². The Hall–Kier alpha value is -2.64. The summed E-state index contributed by atoms with van der Waals surface area (Å²) in [6.45, 7) is 12.1. The van der Waals surface area contributed by atoms with Crippen LogP contribution in [0.2, 0.25) is 0 Å². The summed E-state index contributed by atoms with van der Waals surface area (Å²) in [5, 5.41) is 1.08. The summed E-state index contributed by atoms with van der Waals surface area (Å²) in [5.74, 6) is -3.23. The van der Waals surface area contributed by atoms with Gasteiger partial charge < -0.3 is 9.97 Å². The number of benzene rings is 3. The quantitative estimate of drug-likeness (QED) is 0.0347. The average molecular weight is 1020 g/mol. The number of nitrogens with one attached hydrogen (secondary N) is 2. The van der Waals surface area contributed by atoms with Gasteiger partial charge in [0.25, 0.3) is 0 Å². The van der Waals surface area contributed by atoms with Crippen LogP contribution in [0.1, 0.15) is 119 Å². The lowest BCUT2D eigenvalue weighted by molar-refractivity contribution is 0.477. The molecule has 6 aromatic rings. The van der Waals surface area contributed by atoms with Gasteiger partial charge in [0.15, 0.2) is 46.6 Å². The number of unbranched alkanes of at least 4 members (excludes halogenated alkanes) is 6. The molecule has 4 heterocycles. The molecule has 0 spiro atoms. The Labute approximate surface area is 408 Å². The van der Waals surface area contributed by atoms with Gasteiger partial charge in [0.1, 0.15) is 22.6 Å². The van der Waals surface area contributed by atoms with E-state index in [1.807, 2.05) is 41.5 Å². The van der Waals surface area contributed by atoms with Crippen LogP contribution in [-0.2, 0) is 0 Å². The molecule has 7 rings (SSSR count). The molecule has 1 aliphatic heterocycles. The van der Waals surface area contributed by atoms with Crippen molar-refractivity contribution in [3.63, 3.8) is 0 Å². The maximum atomic E-state index is 16.8. The molecular formula is C48H56F6N6S6. The lowest BCUT2D eigenvalue weighted by Crippen LogP contribution is -2.00. The molecule has 0 unspecified atom stereocenters. The molecule has 0 amide bonds. The van der Waals surface area contributed by atoms with Gasteiger partial charge in [-0.2, -0.15) is 0 Å². The number of aromatic amines is 2. The van der Waals surface area contributed by atoms with Crippen LogP contribution in [0.25, 0.3) is 66.9 Å². The second-order valence-electron chi connectivity index (χ2n) is 16.1. The van der Waals surface area contributed by atoms with Gasteiger partial charge in [0.05, 0.1) is 29.4 Å². The molecular weight excluding hydrogens is 967 g/mol. The summed E-state index contributed by atoms with van der Waals surface area (Å²) >= 11 is 7.04. The van der Waals surface area contributed by atoms with Crippen LogP contribution in [0.3, 0.4) is 0 Å². The molecule has 0 aliphatic carbocycles. The zero-order chi connectivity index (χ0) is 47.1. The fourth-order valence-electron chi connectivity index (χ4n) is 7.50. The van der Waals surface area contributed by atoms with Gasteiger partial charge in [0, 0.05) is 32.7 Å². The molecule has 66 heavy (non-hydrogen) atoms. The van der Waals surface area contributed by atoms with E-state index in [0.717, 1.165) is 77.0 Å². The van der Waals surface area contributed by atoms with Crippen molar-refractivity contribution < 1.29 is 26.3 Å². The molecule has 356 valence electrons. The first-order valence-electron chi connectivity index (χ1n) is 23.1. The average Bonchev–Trinajstić information content (AvgIpc) is 3.96. The predicted octanol–water partition coefficient (Wildman–Crippen LogP) is 17.5. The first kappa shape index (κ1) is 51.2. The maximum absolute atomic E-state index is 16.8.